The first-order chi connectivity index (χ1) is 10.3. The van der Waals surface area contributed by atoms with Gasteiger partial charge in [-0.1, -0.05) is 42.5 Å². The first-order valence-electron chi connectivity index (χ1n) is 7.48. The smallest absolute Gasteiger partial charge is 0.165 e. The van der Waals surface area contributed by atoms with Gasteiger partial charge in [0.25, 0.3) is 0 Å². The van der Waals surface area contributed by atoms with Crippen molar-refractivity contribution < 1.29 is 9.47 Å². The average molecular weight is 283 g/mol. The number of para-hydroxylation sites is 1. The molecule has 2 aromatic carbocycles. The number of hydrogen-bond acceptors (Lipinski definition) is 3. The van der Waals surface area contributed by atoms with Gasteiger partial charge in [0.15, 0.2) is 11.5 Å². The molecule has 0 saturated carbocycles. The van der Waals surface area contributed by atoms with Crippen molar-refractivity contribution in [2.24, 2.45) is 0 Å². The normalized spacial score (nSPS) is 14.7. The molecule has 110 valence electrons. The van der Waals surface area contributed by atoms with Crippen LogP contribution in [0.1, 0.15) is 18.1 Å². The van der Waals surface area contributed by atoms with E-state index in [1.54, 1.807) is 0 Å². The molecule has 0 spiro atoms. The number of benzene rings is 2. The van der Waals surface area contributed by atoms with Crippen LogP contribution in [0.2, 0.25) is 0 Å². The van der Waals surface area contributed by atoms with Crippen molar-refractivity contribution in [1.29, 1.82) is 0 Å². The minimum absolute atomic E-state index is 0.410. The third kappa shape index (κ3) is 3.56. The maximum Gasteiger partial charge on any atom is 0.165 e. The second-order valence-corrected chi connectivity index (χ2v) is 5.41. The fraction of sp³-hybridized carbons (Fsp3) is 0.333. The van der Waals surface area contributed by atoms with Crippen molar-refractivity contribution in [1.82, 2.24) is 5.32 Å². The van der Waals surface area contributed by atoms with E-state index in [1.807, 2.05) is 12.1 Å². The van der Waals surface area contributed by atoms with Crippen LogP contribution in [0.4, 0.5) is 0 Å². The summed E-state index contributed by atoms with van der Waals surface area (Å²) in [5.41, 5.74) is 2.51. The lowest BCUT2D eigenvalue weighted by atomic mass is 10.1. The molecule has 1 heterocycles. The summed E-state index contributed by atoms with van der Waals surface area (Å²) >= 11 is 0. The summed E-state index contributed by atoms with van der Waals surface area (Å²) < 4.78 is 11.4. The van der Waals surface area contributed by atoms with Gasteiger partial charge in [0, 0.05) is 18.2 Å². The summed E-state index contributed by atoms with van der Waals surface area (Å²) in [6, 6.07) is 17.0. The van der Waals surface area contributed by atoms with E-state index in [1.165, 1.54) is 5.56 Å². The predicted octanol–water partition coefficient (Wildman–Crippen LogP) is 3.18. The van der Waals surface area contributed by atoms with E-state index in [4.69, 9.17) is 9.47 Å². The highest BCUT2D eigenvalue weighted by Crippen LogP contribution is 2.33. The Balaban J connectivity index is 1.60. The highest BCUT2D eigenvalue weighted by molar-refractivity contribution is 5.47. The van der Waals surface area contributed by atoms with E-state index in [0.717, 1.165) is 30.0 Å². The second kappa shape index (κ2) is 6.64. The molecule has 2 aromatic rings. The monoisotopic (exact) mass is 283 g/mol. The molecule has 21 heavy (non-hydrogen) atoms. The number of hydrogen-bond donors (Lipinski definition) is 1. The molecule has 0 aromatic heterocycles. The Bertz CT molecular complexity index is 583. The molecule has 1 aliphatic rings. The zero-order chi connectivity index (χ0) is 14.5. The molecule has 0 saturated heterocycles. The Kier molecular flexibility index (Phi) is 4.41. The molecule has 1 unspecified atom stereocenters. The largest absolute Gasteiger partial charge is 0.486 e. The highest BCUT2D eigenvalue weighted by Gasteiger charge is 2.15. The third-order valence-corrected chi connectivity index (χ3v) is 3.67. The summed E-state index contributed by atoms with van der Waals surface area (Å²) in [4.78, 5) is 0. The van der Waals surface area contributed by atoms with Gasteiger partial charge in [-0.2, -0.15) is 0 Å². The van der Waals surface area contributed by atoms with E-state index >= 15 is 0 Å². The van der Waals surface area contributed by atoms with Gasteiger partial charge in [0.2, 0.25) is 0 Å². The standard InChI is InChI=1S/C18H21NO2/c1-14(12-15-6-3-2-4-7-15)19-13-16-8-5-9-17-18(16)21-11-10-20-17/h2-9,14,19H,10-13H2,1H3. The first kappa shape index (κ1) is 14.0. The highest BCUT2D eigenvalue weighted by atomic mass is 16.6. The molecule has 1 aliphatic heterocycles. The lowest BCUT2D eigenvalue weighted by Crippen LogP contribution is -2.28. The Morgan fingerprint density at radius 1 is 1.00 bits per heavy atom. The van der Waals surface area contributed by atoms with Crippen molar-refractivity contribution in [2.45, 2.75) is 25.9 Å². The van der Waals surface area contributed by atoms with Gasteiger partial charge in [-0.25, -0.2) is 0 Å². The lowest BCUT2D eigenvalue weighted by molar-refractivity contribution is 0.169. The minimum Gasteiger partial charge on any atom is -0.486 e. The van der Waals surface area contributed by atoms with E-state index in [-0.39, 0.29) is 0 Å². The van der Waals surface area contributed by atoms with E-state index in [0.29, 0.717) is 19.3 Å². The van der Waals surface area contributed by atoms with Gasteiger partial charge in [-0.15, -0.1) is 0 Å². The molecule has 3 nitrogen and oxygen atoms in total. The number of rotatable bonds is 5. The van der Waals surface area contributed by atoms with Crippen LogP contribution in [0, 0.1) is 0 Å². The molecule has 0 amide bonds. The fourth-order valence-electron chi connectivity index (χ4n) is 2.60. The topological polar surface area (TPSA) is 30.5 Å². The second-order valence-electron chi connectivity index (χ2n) is 5.41. The molecule has 3 rings (SSSR count). The predicted molar refractivity (Wildman–Crippen MR) is 83.9 cm³/mol. The SMILES string of the molecule is CC(Cc1ccccc1)NCc1cccc2c1OCCO2. The molecular weight excluding hydrogens is 262 g/mol. The van der Waals surface area contributed by atoms with Crippen molar-refractivity contribution in [3.8, 4) is 11.5 Å². The van der Waals surface area contributed by atoms with E-state index < -0.39 is 0 Å². The average Bonchev–Trinajstić information content (AvgIpc) is 2.54. The molecule has 0 aliphatic carbocycles. The van der Waals surface area contributed by atoms with Crippen LogP contribution in [-0.4, -0.2) is 19.3 Å². The maximum atomic E-state index is 5.74. The van der Waals surface area contributed by atoms with Gasteiger partial charge < -0.3 is 14.8 Å². The fourth-order valence-corrected chi connectivity index (χ4v) is 2.60. The Labute approximate surface area is 125 Å². The summed E-state index contributed by atoms with van der Waals surface area (Å²) in [6.07, 6.45) is 1.02. The van der Waals surface area contributed by atoms with Crippen molar-refractivity contribution in [3.05, 3.63) is 59.7 Å². The van der Waals surface area contributed by atoms with Gasteiger partial charge in [0.05, 0.1) is 0 Å². The van der Waals surface area contributed by atoms with Crippen LogP contribution < -0.4 is 14.8 Å². The van der Waals surface area contributed by atoms with Gasteiger partial charge in [0.1, 0.15) is 13.2 Å². The Morgan fingerprint density at radius 3 is 2.67 bits per heavy atom. The van der Waals surface area contributed by atoms with Gasteiger partial charge >= 0.3 is 0 Å². The summed E-state index contributed by atoms with van der Waals surface area (Å²) in [6.45, 7) is 4.26. The molecule has 3 heteroatoms. The Morgan fingerprint density at radius 2 is 1.81 bits per heavy atom. The quantitative estimate of drug-likeness (QED) is 0.914. The van der Waals surface area contributed by atoms with Crippen molar-refractivity contribution >= 4 is 0 Å². The maximum absolute atomic E-state index is 5.74. The zero-order valence-electron chi connectivity index (χ0n) is 12.3. The first-order valence-corrected chi connectivity index (χ1v) is 7.48. The zero-order valence-corrected chi connectivity index (χ0v) is 12.3. The molecular formula is C18H21NO2. The van der Waals surface area contributed by atoms with Crippen LogP contribution in [0.5, 0.6) is 11.5 Å². The third-order valence-electron chi connectivity index (χ3n) is 3.67. The summed E-state index contributed by atoms with van der Waals surface area (Å²) in [5, 5.41) is 3.56. The van der Waals surface area contributed by atoms with Crippen LogP contribution in [-0.2, 0) is 13.0 Å². The summed E-state index contributed by atoms with van der Waals surface area (Å²) in [5.74, 6) is 1.75. The van der Waals surface area contributed by atoms with E-state index in [2.05, 4.69) is 48.6 Å². The van der Waals surface area contributed by atoms with Gasteiger partial charge in [-0.3, -0.25) is 0 Å². The number of nitrogens with one attached hydrogen (secondary N) is 1. The van der Waals surface area contributed by atoms with Crippen LogP contribution in [0.15, 0.2) is 48.5 Å². The molecule has 0 fully saturated rings. The van der Waals surface area contributed by atoms with Crippen LogP contribution in [0.3, 0.4) is 0 Å². The number of fused-ring (bicyclic) bond motifs is 1. The minimum atomic E-state index is 0.410. The van der Waals surface area contributed by atoms with E-state index in [9.17, 15) is 0 Å². The lowest BCUT2D eigenvalue weighted by Gasteiger charge is -2.22. The van der Waals surface area contributed by atoms with Crippen LogP contribution >= 0.6 is 0 Å². The molecule has 1 atom stereocenters. The van der Waals surface area contributed by atoms with Gasteiger partial charge in [-0.05, 0) is 25.0 Å². The molecule has 0 bridgehead atoms. The molecule has 0 radical (unpaired) electrons. The number of ether oxygens (including phenoxy) is 2. The van der Waals surface area contributed by atoms with Crippen molar-refractivity contribution in [3.63, 3.8) is 0 Å². The molecule has 1 N–H and O–H groups in total. The van der Waals surface area contributed by atoms with Crippen molar-refractivity contribution in [2.75, 3.05) is 13.2 Å². The summed E-state index contributed by atoms with van der Waals surface area (Å²) in [7, 11) is 0. The van der Waals surface area contributed by atoms with Crippen LogP contribution in [0.25, 0.3) is 0 Å². The Hall–Kier alpha value is -2.00.